The van der Waals surface area contributed by atoms with E-state index in [2.05, 4.69) is 42.5 Å². The SMILES string of the molecule is Cc1ccc(-c2cccc(C(=O)NC3CCN(Cc4ccc(N5CCC(NC(=O)c6cccc(-c7cccnc7)c6)CC5)nc4)CC3)c2F)cn1. The van der Waals surface area contributed by atoms with Crippen LogP contribution in [0.15, 0.2) is 104 Å². The van der Waals surface area contributed by atoms with E-state index in [4.69, 9.17) is 4.98 Å². The highest BCUT2D eigenvalue weighted by atomic mass is 19.1. The summed E-state index contributed by atoms with van der Waals surface area (Å²) in [6.45, 7) is 5.97. The molecule has 2 fully saturated rings. The molecule has 0 radical (unpaired) electrons. The van der Waals surface area contributed by atoms with E-state index < -0.39 is 5.82 Å². The van der Waals surface area contributed by atoms with Crippen molar-refractivity contribution >= 4 is 17.6 Å². The molecule has 2 saturated heterocycles. The van der Waals surface area contributed by atoms with Gasteiger partial charge in [-0.1, -0.05) is 42.5 Å². The second-order valence-electron chi connectivity index (χ2n) is 13.5. The molecule has 7 rings (SSSR count). The molecule has 2 amide bonds. The summed E-state index contributed by atoms with van der Waals surface area (Å²) in [5.74, 6) is -0.0114. The number of hydrogen-bond acceptors (Lipinski definition) is 7. The molecule has 9 nitrogen and oxygen atoms in total. The van der Waals surface area contributed by atoms with E-state index in [0.717, 1.165) is 86.6 Å². The van der Waals surface area contributed by atoms with Gasteiger partial charge in [-0.25, -0.2) is 9.37 Å². The number of hydrogen-bond donors (Lipinski definition) is 2. The van der Waals surface area contributed by atoms with Crippen molar-refractivity contribution in [1.82, 2.24) is 30.5 Å². The van der Waals surface area contributed by atoms with Crippen molar-refractivity contribution < 1.29 is 14.0 Å². The fourth-order valence-corrected chi connectivity index (χ4v) is 6.91. The number of amides is 2. The third-order valence-corrected chi connectivity index (χ3v) is 9.88. The number of benzene rings is 2. The molecule has 3 aromatic heterocycles. The van der Waals surface area contributed by atoms with Crippen molar-refractivity contribution in [3.05, 3.63) is 132 Å². The molecule has 0 aliphatic carbocycles. The van der Waals surface area contributed by atoms with Crippen molar-refractivity contribution in [2.75, 3.05) is 31.1 Å². The number of carbonyl (C=O) groups excluding carboxylic acids is 2. The van der Waals surface area contributed by atoms with Gasteiger partial charge in [0.05, 0.1) is 5.56 Å². The predicted molar refractivity (Wildman–Crippen MR) is 197 cm³/mol. The maximum absolute atomic E-state index is 15.4. The van der Waals surface area contributed by atoms with Gasteiger partial charge >= 0.3 is 0 Å². The zero-order chi connectivity index (χ0) is 35.2. The van der Waals surface area contributed by atoms with Gasteiger partial charge in [0.2, 0.25) is 0 Å². The van der Waals surface area contributed by atoms with Crippen LogP contribution in [0.4, 0.5) is 10.2 Å². The Bertz CT molecular complexity index is 1960. The van der Waals surface area contributed by atoms with Crippen LogP contribution in [0.2, 0.25) is 0 Å². The lowest BCUT2D eigenvalue weighted by atomic mass is 10.0. The first-order valence-corrected chi connectivity index (χ1v) is 17.7. The maximum Gasteiger partial charge on any atom is 0.254 e. The van der Waals surface area contributed by atoms with Gasteiger partial charge in [0.25, 0.3) is 11.8 Å². The zero-order valence-electron chi connectivity index (χ0n) is 28.8. The molecule has 260 valence electrons. The molecule has 0 atom stereocenters. The fourth-order valence-electron chi connectivity index (χ4n) is 6.91. The number of pyridine rings is 3. The summed E-state index contributed by atoms with van der Waals surface area (Å²) < 4.78 is 15.4. The molecular formula is C41H42FN7O2. The van der Waals surface area contributed by atoms with Crippen LogP contribution in [0.25, 0.3) is 22.3 Å². The van der Waals surface area contributed by atoms with Crippen molar-refractivity contribution in [3.8, 4) is 22.3 Å². The Labute approximate surface area is 298 Å². The molecule has 0 unspecified atom stereocenters. The first-order valence-electron chi connectivity index (χ1n) is 17.7. The largest absolute Gasteiger partial charge is 0.356 e. The summed E-state index contributed by atoms with van der Waals surface area (Å²) in [5.41, 5.74) is 5.68. The smallest absolute Gasteiger partial charge is 0.254 e. The van der Waals surface area contributed by atoms with Crippen LogP contribution in [0, 0.1) is 12.7 Å². The standard InChI is InChI=1S/C41H42FN7O2/c1-28-10-12-33(26-44-28)36-8-3-9-37(39(36)42)41(51)47-34-14-19-48(20-15-34)27-29-11-13-38(45-24-29)49-21-16-35(17-22-49)46-40(50)31-6-2-5-30(23-31)32-7-4-18-43-25-32/h2-13,18,23-26,34-35H,14-17,19-22,27H2,1H3,(H,46,50)(H,47,51). The van der Waals surface area contributed by atoms with Crippen molar-refractivity contribution in [2.45, 2.75) is 51.2 Å². The van der Waals surface area contributed by atoms with E-state index in [0.29, 0.717) is 16.7 Å². The van der Waals surface area contributed by atoms with Crippen LogP contribution in [-0.2, 0) is 6.54 Å². The number of aromatic nitrogens is 3. The van der Waals surface area contributed by atoms with E-state index in [-0.39, 0.29) is 29.5 Å². The Kier molecular flexibility index (Phi) is 10.4. The number of halogens is 1. The predicted octanol–water partition coefficient (Wildman–Crippen LogP) is 6.45. The number of aryl methyl sites for hydroxylation is 1. The van der Waals surface area contributed by atoms with Crippen molar-refractivity contribution in [2.24, 2.45) is 0 Å². The Morgan fingerprint density at radius 2 is 1.49 bits per heavy atom. The van der Waals surface area contributed by atoms with Crippen LogP contribution in [-0.4, -0.2) is 69.9 Å². The van der Waals surface area contributed by atoms with Gasteiger partial charge < -0.3 is 15.5 Å². The summed E-state index contributed by atoms with van der Waals surface area (Å²) in [4.78, 5) is 44.0. The third kappa shape index (κ3) is 8.29. The van der Waals surface area contributed by atoms with Gasteiger partial charge in [-0.15, -0.1) is 0 Å². The first kappa shape index (κ1) is 34.0. The average Bonchev–Trinajstić information content (AvgIpc) is 3.17. The van der Waals surface area contributed by atoms with Gasteiger partial charge in [0.15, 0.2) is 0 Å². The molecular weight excluding hydrogens is 641 g/mol. The second kappa shape index (κ2) is 15.6. The number of rotatable bonds is 9. The fraction of sp³-hybridized carbons (Fsp3) is 0.293. The minimum absolute atomic E-state index is 0.0111. The topological polar surface area (TPSA) is 103 Å². The molecule has 0 bridgehead atoms. The van der Waals surface area contributed by atoms with Gasteiger partial charge in [0.1, 0.15) is 11.6 Å². The Morgan fingerprint density at radius 3 is 2.20 bits per heavy atom. The number of likely N-dealkylation sites (tertiary alicyclic amines) is 1. The molecule has 2 aliphatic heterocycles. The third-order valence-electron chi connectivity index (χ3n) is 9.88. The molecule has 10 heteroatoms. The van der Waals surface area contributed by atoms with Crippen LogP contribution in [0.5, 0.6) is 0 Å². The van der Waals surface area contributed by atoms with Crippen LogP contribution < -0.4 is 15.5 Å². The summed E-state index contributed by atoms with van der Waals surface area (Å²) in [5, 5.41) is 6.28. The summed E-state index contributed by atoms with van der Waals surface area (Å²) >= 11 is 0. The molecule has 0 spiro atoms. The molecule has 2 N–H and O–H groups in total. The van der Waals surface area contributed by atoms with Crippen LogP contribution in [0.3, 0.4) is 0 Å². The Balaban J connectivity index is 0.851. The van der Waals surface area contributed by atoms with E-state index in [1.807, 2.05) is 61.7 Å². The van der Waals surface area contributed by atoms with E-state index in [1.165, 1.54) is 6.07 Å². The number of anilines is 1. The molecule has 2 aliphatic rings. The highest BCUT2D eigenvalue weighted by Gasteiger charge is 2.25. The highest BCUT2D eigenvalue weighted by molar-refractivity contribution is 5.96. The Morgan fingerprint density at radius 1 is 0.745 bits per heavy atom. The molecule has 2 aromatic carbocycles. The lowest BCUT2D eigenvalue weighted by Crippen LogP contribution is -2.45. The van der Waals surface area contributed by atoms with Gasteiger partial charge in [-0.3, -0.25) is 24.5 Å². The molecule has 0 saturated carbocycles. The molecule has 5 aromatic rings. The monoisotopic (exact) mass is 683 g/mol. The van der Waals surface area contributed by atoms with Gasteiger partial charge in [0, 0.05) is 97.5 Å². The van der Waals surface area contributed by atoms with E-state index >= 15 is 4.39 Å². The number of piperidine rings is 2. The first-order chi connectivity index (χ1) is 24.9. The number of carbonyl (C=O) groups is 2. The average molecular weight is 684 g/mol. The van der Waals surface area contributed by atoms with Crippen LogP contribution >= 0.6 is 0 Å². The molecule has 5 heterocycles. The molecule has 51 heavy (non-hydrogen) atoms. The highest BCUT2D eigenvalue weighted by Crippen LogP contribution is 2.26. The Hall–Kier alpha value is -5.48. The number of nitrogens with one attached hydrogen (secondary N) is 2. The van der Waals surface area contributed by atoms with Crippen molar-refractivity contribution in [3.63, 3.8) is 0 Å². The second-order valence-corrected chi connectivity index (χ2v) is 13.5. The summed E-state index contributed by atoms with van der Waals surface area (Å²) in [6, 6.07) is 24.5. The zero-order valence-corrected chi connectivity index (χ0v) is 28.8. The van der Waals surface area contributed by atoms with E-state index in [1.54, 1.807) is 30.7 Å². The van der Waals surface area contributed by atoms with Gasteiger partial charge in [-0.05, 0) is 80.1 Å². The summed E-state index contributed by atoms with van der Waals surface area (Å²) in [7, 11) is 0. The minimum Gasteiger partial charge on any atom is -0.356 e. The van der Waals surface area contributed by atoms with Gasteiger partial charge in [-0.2, -0.15) is 0 Å². The normalized spacial score (nSPS) is 15.8. The number of nitrogens with zero attached hydrogens (tertiary/aromatic N) is 5. The minimum atomic E-state index is -0.524. The van der Waals surface area contributed by atoms with Crippen LogP contribution in [0.1, 0.15) is 57.7 Å². The van der Waals surface area contributed by atoms with Crippen molar-refractivity contribution in [1.29, 1.82) is 0 Å². The lowest BCUT2D eigenvalue weighted by molar-refractivity contribution is 0.0902. The van der Waals surface area contributed by atoms with E-state index in [9.17, 15) is 9.59 Å². The quantitative estimate of drug-likeness (QED) is 0.184. The maximum atomic E-state index is 15.4. The lowest BCUT2D eigenvalue weighted by Gasteiger charge is -2.34. The summed E-state index contributed by atoms with van der Waals surface area (Å²) in [6.07, 6.45) is 10.4.